The van der Waals surface area contributed by atoms with Crippen LogP contribution in [0.1, 0.15) is 5.56 Å². The Morgan fingerprint density at radius 2 is 2.27 bits per heavy atom. The van der Waals surface area contributed by atoms with E-state index in [2.05, 4.69) is 15.4 Å². The van der Waals surface area contributed by atoms with Gasteiger partial charge in [0.15, 0.2) is 5.65 Å². The molecule has 0 atom stereocenters. The fraction of sp³-hybridized carbons (Fsp3) is 0.400. The molecule has 1 N–H and O–H groups in total. The summed E-state index contributed by atoms with van der Waals surface area (Å²) >= 11 is 6.27. The molecule has 0 aliphatic rings. The van der Waals surface area contributed by atoms with Gasteiger partial charge in [-0.1, -0.05) is 11.6 Å². The molecular weight excluding hydrogens is 212 g/mol. The molecule has 15 heavy (non-hydrogen) atoms. The minimum atomic E-state index is 0.767. The van der Waals surface area contributed by atoms with Crippen molar-refractivity contribution in [3.8, 4) is 0 Å². The lowest BCUT2D eigenvalue weighted by molar-refractivity contribution is 0.780. The summed E-state index contributed by atoms with van der Waals surface area (Å²) in [6, 6.07) is 0. The van der Waals surface area contributed by atoms with Crippen LogP contribution in [-0.2, 0) is 13.5 Å². The van der Waals surface area contributed by atoms with E-state index in [1.807, 2.05) is 20.3 Å². The Hall–Kier alpha value is -1.13. The van der Waals surface area contributed by atoms with Crippen molar-refractivity contribution in [2.75, 3.05) is 13.6 Å². The molecule has 0 fully saturated rings. The largest absolute Gasteiger partial charge is 0.319 e. The van der Waals surface area contributed by atoms with Crippen molar-refractivity contribution in [2.45, 2.75) is 6.42 Å². The van der Waals surface area contributed by atoms with E-state index in [1.54, 1.807) is 10.9 Å². The molecule has 2 rings (SSSR count). The maximum Gasteiger partial charge on any atom is 0.158 e. The van der Waals surface area contributed by atoms with Crippen molar-refractivity contribution < 1.29 is 0 Å². The topological polar surface area (TPSA) is 42.7 Å². The molecule has 0 aliphatic carbocycles. The molecule has 0 unspecified atom stereocenters. The van der Waals surface area contributed by atoms with Gasteiger partial charge in [0.1, 0.15) is 0 Å². The quantitative estimate of drug-likeness (QED) is 0.857. The first-order valence-corrected chi connectivity index (χ1v) is 5.21. The molecule has 0 amide bonds. The number of nitrogens with zero attached hydrogens (tertiary/aromatic N) is 3. The van der Waals surface area contributed by atoms with Crippen molar-refractivity contribution >= 4 is 22.6 Å². The molecule has 5 heteroatoms. The molecule has 0 aliphatic heterocycles. The zero-order chi connectivity index (χ0) is 10.8. The highest BCUT2D eigenvalue weighted by atomic mass is 35.5. The Morgan fingerprint density at radius 3 is 3.00 bits per heavy atom. The summed E-state index contributed by atoms with van der Waals surface area (Å²) in [5.74, 6) is 0. The van der Waals surface area contributed by atoms with E-state index in [0.29, 0.717) is 0 Å². The van der Waals surface area contributed by atoms with E-state index in [9.17, 15) is 0 Å². The van der Waals surface area contributed by atoms with E-state index < -0.39 is 0 Å². The number of pyridine rings is 1. The van der Waals surface area contributed by atoms with Crippen LogP contribution >= 0.6 is 11.6 Å². The lowest BCUT2D eigenvalue weighted by Crippen LogP contribution is -2.10. The number of rotatable bonds is 3. The van der Waals surface area contributed by atoms with Gasteiger partial charge >= 0.3 is 0 Å². The number of fused-ring (bicyclic) bond motifs is 1. The van der Waals surface area contributed by atoms with Gasteiger partial charge in [0.05, 0.1) is 16.6 Å². The Labute approximate surface area is 93.3 Å². The molecule has 0 saturated carbocycles. The Bertz CT molecular complexity index is 477. The van der Waals surface area contributed by atoms with E-state index in [1.165, 1.54) is 0 Å². The number of aromatic nitrogens is 3. The minimum Gasteiger partial charge on any atom is -0.319 e. The number of likely N-dealkylation sites (N-methyl/N-ethyl adjacent to an activating group) is 1. The maximum atomic E-state index is 6.27. The SMILES string of the molecule is CNCCc1cnc2c(cnn2C)c1Cl. The molecule has 2 aromatic heterocycles. The predicted octanol–water partition coefficient (Wildman–Crippen LogP) is 1.38. The van der Waals surface area contributed by atoms with Gasteiger partial charge in [-0.3, -0.25) is 4.68 Å². The molecule has 4 nitrogen and oxygen atoms in total. The molecular formula is C10H13ClN4. The van der Waals surface area contributed by atoms with Gasteiger partial charge in [0, 0.05) is 13.2 Å². The summed E-state index contributed by atoms with van der Waals surface area (Å²) in [4.78, 5) is 4.34. The van der Waals surface area contributed by atoms with Crippen LogP contribution in [0.25, 0.3) is 11.0 Å². The summed E-state index contributed by atoms with van der Waals surface area (Å²) in [5, 5.41) is 8.91. The fourth-order valence-corrected chi connectivity index (χ4v) is 1.82. The Morgan fingerprint density at radius 1 is 1.47 bits per heavy atom. The molecule has 0 aromatic carbocycles. The molecule has 0 saturated heterocycles. The van der Waals surface area contributed by atoms with Gasteiger partial charge in [-0.2, -0.15) is 5.10 Å². The van der Waals surface area contributed by atoms with Crippen molar-refractivity contribution in [3.05, 3.63) is 23.0 Å². The Kier molecular flexibility index (Phi) is 2.88. The van der Waals surface area contributed by atoms with Gasteiger partial charge in [-0.15, -0.1) is 0 Å². The number of hydrogen-bond acceptors (Lipinski definition) is 3. The summed E-state index contributed by atoms with van der Waals surface area (Å²) in [5.41, 5.74) is 1.89. The second kappa shape index (κ2) is 4.16. The maximum absolute atomic E-state index is 6.27. The van der Waals surface area contributed by atoms with E-state index in [0.717, 1.165) is 34.6 Å². The Balaban J connectivity index is 2.46. The lowest BCUT2D eigenvalue weighted by Gasteiger charge is -2.04. The van der Waals surface area contributed by atoms with E-state index >= 15 is 0 Å². The summed E-state index contributed by atoms with van der Waals surface area (Å²) in [6.45, 7) is 0.896. The zero-order valence-electron chi connectivity index (χ0n) is 8.79. The van der Waals surface area contributed by atoms with Crippen LogP contribution in [0.4, 0.5) is 0 Å². The highest BCUT2D eigenvalue weighted by molar-refractivity contribution is 6.35. The third-order valence-electron chi connectivity index (χ3n) is 2.41. The monoisotopic (exact) mass is 224 g/mol. The predicted molar refractivity (Wildman–Crippen MR) is 61.1 cm³/mol. The average molecular weight is 225 g/mol. The number of nitrogens with one attached hydrogen (secondary N) is 1. The van der Waals surface area contributed by atoms with Gasteiger partial charge in [-0.05, 0) is 25.6 Å². The second-order valence-electron chi connectivity index (χ2n) is 3.46. The standard InChI is InChI=1S/C10H13ClN4/c1-12-4-3-7-5-13-10-8(9(7)11)6-14-15(10)2/h5-6,12H,3-4H2,1-2H3. The first-order valence-electron chi connectivity index (χ1n) is 4.83. The number of aryl methyl sites for hydroxylation is 1. The average Bonchev–Trinajstić information content (AvgIpc) is 2.61. The highest BCUT2D eigenvalue weighted by Crippen LogP contribution is 2.25. The zero-order valence-corrected chi connectivity index (χ0v) is 9.54. The normalized spacial score (nSPS) is 11.1. The van der Waals surface area contributed by atoms with Crippen LogP contribution < -0.4 is 5.32 Å². The summed E-state index contributed by atoms with van der Waals surface area (Å²) in [6.07, 6.45) is 4.46. The van der Waals surface area contributed by atoms with Crippen LogP contribution in [0, 0.1) is 0 Å². The third-order valence-corrected chi connectivity index (χ3v) is 2.86. The lowest BCUT2D eigenvalue weighted by atomic mass is 10.2. The molecule has 2 aromatic rings. The van der Waals surface area contributed by atoms with Crippen molar-refractivity contribution in [1.29, 1.82) is 0 Å². The van der Waals surface area contributed by atoms with Crippen LogP contribution in [0.3, 0.4) is 0 Å². The van der Waals surface area contributed by atoms with Gasteiger partial charge in [0.2, 0.25) is 0 Å². The summed E-state index contributed by atoms with van der Waals surface area (Å²) < 4.78 is 1.73. The summed E-state index contributed by atoms with van der Waals surface area (Å²) in [7, 11) is 3.78. The third kappa shape index (κ3) is 1.82. The fourth-order valence-electron chi connectivity index (χ4n) is 1.54. The van der Waals surface area contributed by atoms with Crippen LogP contribution in [0.5, 0.6) is 0 Å². The first kappa shape index (κ1) is 10.4. The first-order chi connectivity index (χ1) is 7.24. The molecule has 0 spiro atoms. The second-order valence-corrected chi connectivity index (χ2v) is 3.83. The van der Waals surface area contributed by atoms with E-state index in [-0.39, 0.29) is 0 Å². The molecule has 80 valence electrons. The van der Waals surface area contributed by atoms with Crippen LogP contribution in [0.2, 0.25) is 5.02 Å². The van der Waals surface area contributed by atoms with Gasteiger partial charge < -0.3 is 5.32 Å². The number of hydrogen-bond donors (Lipinski definition) is 1. The van der Waals surface area contributed by atoms with E-state index in [4.69, 9.17) is 11.6 Å². The minimum absolute atomic E-state index is 0.767. The highest BCUT2D eigenvalue weighted by Gasteiger charge is 2.09. The molecule has 0 bridgehead atoms. The molecule has 0 radical (unpaired) electrons. The number of halogens is 1. The van der Waals surface area contributed by atoms with Crippen molar-refractivity contribution in [1.82, 2.24) is 20.1 Å². The van der Waals surface area contributed by atoms with Gasteiger partial charge in [0.25, 0.3) is 0 Å². The molecule has 2 heterocycles. The van der Waals surface area contributed by atoms with Crippen molar-refractivity contribution in [2.24, 2.45) is 7.05 Å². The van der Waals surface area contributed by atoms with Gasteiger partial charge in [-0.25, -0.2) is 4.98 Å². The van der Waals surface area contributed by atoms with Crippen LogP contribution in [0.15, 0.2) is 12.4 Å². The van der Waals surface area contributed by atoms with Crippen molar-refractivity contribution in [3.63, 3.8) is 0 Å². The smallest absolute Gasteiger partial charge is 0.158 e. The van der Waals surface area contributed by atoms with Crippen LogP contribution in [-0.4, -0.2) is 28.4 Å².